The molecule has 0 bridgehead atoms. The Morgan fingerprint density at radius 3 is 2.88 bits per heavy atom. The average molecular weight is 258 g/mol. The largest absolute Gasteiger partial charge is 0.314 e. The monoisotopic (exact) mass is 257 g/mol. The van der Waals surface area contributed by atoms with Crippen LogP contribution in [0.15, 0.2) is 18.2 Å². The Balaban J connectivity index is 2.32. The first-order valence-electron chi connectivity index (χ1n) is 6.30. The maximum atomic E-state index is 13.0. The van der Waals surface area contributed by atoms with Crippen molar-refractivity contribution in [3.63, 3.8) is 0 Å². The van der Waals surface area contributed by atoms with Crippen molar-refractivity contribution in [3.8, 4) is 0 Å². The second-order valence-corrected chi connectivity index (χ2v) is 4.89. The molecule has 0 fully saturated rings. The highest BCUT2D eigenvalue weighted by Crippen LogP contribution is 2.19. The van der Waals surface area contributed by atoms with Gasteiger partial charge in [0.25, 0.3) is 0 Å². The van der Waals surface area contributed by atoms with E-state index in [0.29, 0.717) is 11.1 Å². The molecule has 1 N–H and O–H groups in total. The third-order valence-corrected chi connectivity index (χ3v) is 3.20. The van der Waals surface area contributed by atoms with Gasteiger partial charge in [-0.2, -0.15) is 0 Å². The molecule has 0 aliphatic heterocycles. The van der Waals surface area contributed by atoms with Crippen LogP contribution in [-0.4, -0.2) is 12.6 Å². The van der Waals surface area contributed by atoms with Gasteiger partial charge in [-0.15, -0.1) is 0 Å². The zero-order chi connectivity index (χ0) is 12.7. The minimum atomic E-state index is -0.207. The van der Waals surface area contributed by atoms with Gasteiger partial charge in [0.2, 0.25) is 0 Å². The first kappa shape index (κ1) is 14.5. The van der Waals surface area contributed by atoms with E-state index in [0.717, 1.165) is 37.8 Å². The van der Waals surface area contributed by atoms with E-state index >= 15 is 0 Å². The van der Waals surface area contributed by atoms with Crippen LogP contribution in [-0.2, 0) is 6.42 Å². The summed E-state index contributed by atoms with van der Waals surface area (Å²) < 4.78 is 13.0. The minimum Gasteiger partial charge on any atom is -0.314 e. The molecule has 3 heteroatoms. The first-order chi connectivity index (χ1) is 8.13. The zero-order valence-corrected chi connectivity index (χ0v) is 11.4. The van der Waals surface area contributed by atoms with Gasteiger partial charge in [0.05, 0.1) is 0 Å². The molecule has 0 aliphatic rings. The van der Waals surface area contributed by atoms with E-state index in [2.05, 4.69) is 19.2 Å². The summed E-state index contributed by atoms with van der Waals surface area (Å²) >= 11 is 6.01. The van der Waals surface area contributed by atoms with E-state index in [-0.39, 0.29) is 5.82 Å². The molecule has 0 radical (unpaired) electrons. The molecule has 0 aromatic heterocycles. The summed E-state index contributed by atoms with van der Waals surface area (Å²) in [5, 5.41) is 4.10. The predicted molar refractivity (Wildman–Crippen MR) is 72.1 cm³/mol. The second kappa shape index (κ2) is 7.67. The lowest BCUT2D eigenvalue weighted by Gasteiger charge is -2.13. The van der Waals surface area contributed by atoms with Crippen LogP contribution in [0.5, 0.6) is 0 Å². The number of rotatable bonds is 7. The smallest absolute Gasteiger partial charge is 0.123 e. The second-order valence-electron chi connectivity index (χ2n) is 4.48. The Bertz CT molecular complexity index is 341. The fraction of sp³-hybridized carbons (Fsp3) is 0.571. The maximum absolute atomic E-state index is 13.0. The summed E-state index contributed by atoms with van der Waals surface area (Å²) in [6.45, 7) is 5.40. The van der Waals surface area contributed by atoms with Gasteiger partial charge in [-0.3, -0.25) is 0 Å². The highest BCUT2D eigenvalue weighted by molar-refractivity contribution is 6.31. The lowest BCUT2D eigenvalue weighted by atomic mass is 10.1. The third-order valence-electron chi connectivity index (χ3n) is 2.83. The highest BCUT2D eigenvalue weighted by Gasteiger charge is 2.04. The molecule has 1 nitrogen and oxygen atoms in total. The van der Waals surface area contributed by atoms with E-state index in [4.69, 9.17) is 11.6 Å². The topological polar surface area (TPSA) is 12.0 Å². The predicted octanol–water partition coefficient (Wildman–Crippen LogP) is 4.19. The van der Waals surface area contributed by atoms with Crippen LogP contribution in [0.2, 0.25) is 5.02 Å². The Morgan fingerprint density at radius 1 is 1.41 bits per heavy atom. The summed E-state index contributed by atoms with van der Waals surface area (Å²) in [7, 11) is 0. The van der Waals surface area contributed by atoms with Crippen LogP contribution in [0.4, 0.5) is 4.39 Å². The summed E-state index contributed by atoms with van der Waals surface area (Å²) in [5.41, 5.74) is 0.911. The number of nitrogens with one attached hydrogen (secondary N) is 1. The lowest BCUT2D eigenvalue weighted by molar-refractivity contribution is 0.498. The minimum absolute atomic E-state index is 0.207. The molecule has 0 amide bonds. The van der Waals surface area contributed by atoms with E-state index < -0.39 is 0 Å². The molecule has 0 heterocycles. The Hall–Kier alpha value is -0.600. The number of hydrogen-bond donors (Lipinski definition) is 1. The summed E-state index contributed by atoms with van der Waals surface area (Å²) in [6, 6.07) is 5.08. The van der Waals surface area contributed by atoms with E-state index in [1.807, 2.05) is 0 Å². The van der Waals surface area contributed by atoms with Gasteiger partial charge in [0.1, 0.15) is 5.82 Å². The Labute approximate surface area is 108 Å². The number of hydrogen-bond acceptors (Lipinski definition) is 1. The van der Waals surface area contributed by atoms with E-state index in [1.54, 1.807) is 6.07 Å². The third kappa shape index (κ3) is 5.51. The molecule has 0 saturated heterocycles. The molecule has 0 saturated carbocycles. The summed E-state index contributed by atoms with van der Waals surface area (Å²) in [5.74, 6) is -0.207. The molecule has 17 heavy (non-hydrogen) atoms. The Kier molecular flexibility index (Phi) is 6.53. The molecule has 0 spiro atoms. The van der Waals surface area contributed by atoms with Gasteiger partial charge in [-0.25, -0.2) is 4.39 Å². The van der Waals surface area contributed by atoms with Crippen molar-refractivity contribution in [2.24, 2.45) is 0 Å². The van der Waals surface area contributed by atoms with Crippen LogP contribution in [0, 0.1) is 5.82 Å². The normalized spacial score (nSPS) is 12.7. The average Bonchev–Trinajstić information content (AvgIpc) is 2.31. The SMILES string of the molecule is CCCNC(C)CCCc1cc(F)ccc1Cl. The molecule has 1 unspecified atom stereocenters. The van der Waals surface area contributed by atoms with Gasteiger partial charge in [-0.05, 0) is 62.9 Å². The van der Waals surface area contributed by atoms with Crippen LogP contribution < -0.4 is 5.32 Å². The first-order valence-corrected chi connectivity index (χ1v) is 6.68. The molecule has 1 rings (SSSR count). The van der Waals surface area contributed by atoms with Gasteiger partial charge in [-0.1, -0.05) is 18.5 Å². The molecule has 1 atom stereocenters. The number of benzene rings is 1. The van der Waals surface area contributed by atoms with Crippen molar-refractivity contribution in [2.75, 3.05) is 6.54 Å². The van der Waals surface area contributed by atoms with Crippen LogP contribution >= 0.6 is 11.6 Å². The summed E-state index contributed by atoms with van der Waals surface area (Å²) in [4.78, 5) is 0. The van der Waals surface area contributed by atoms with Gasteiger partial charge >= 0.3 is 0 Å². The van der Waals surface area contributed by atoms with Crippen molar-refractivity contribution < 1.29 is 4.39 Å². The van der Waals surface area contributed by atoms with E-state index in [1.165, 1.54) is 12.1 Å². The van der Waals surface area contributed by atoms with Crippen molar-refractivity contribution in [1.29, 1.82) is 0 Å². The quantitative estimate of drug-likeness (QED) is 0.772. The lowest BCUT2D eigenvalue weighted by Crippen LogP contribution is -2.26. The van der Waals surface area contributed by atoms with Crippen molar-refractivity contribution >= 4 is 11.6 Å². The molecule has 1 aromatic carbocycles. The summed E-state index contributed by atoms with van der Waals surface area (Å²) in [6.07, 6.45) is 4.11. The van der Waals surface area contributed by atoms with Gasteiger partial charge in [0, 0.05) is 11.1 Å². The molecule has 0 aliphatic carbocycles. The molecular weight excluding hydrogens is 237 g/mol. The van der Waals surface area contributed by atoms with Gasteiger partial charge in [0.15, 0.2) is 0 Å². The highest BCUT2D eigenvalue weighted by atomic mass is 35.5. The Morgan fingerprint density at radius 2 is 2.18 bits per heavy atom. The van der Waals surface area contributed by atoms with Crippen molar-refractivity contribution in [2.45, 2.75) is 45.6 Å². The number of aryl methyl sites for hydroxylation is 1. The van der Waals surface area contributed by atoms with Crippen molar-refractivity contribution in [1.82, 2.24) is 5.32 Å². The van der Waals surface area contributed by atoms with Gasteiger partial charge < -0.3 is 5.32 Å². The zero-order valence-electron chi connectivity index (χ0n) is 10.6. The molecular formula is C14H21ClFN. The maximum Gasteiger partial charge on any atom is 0.123 e. The fourth-order valence-electron chi connectivity index (χ4n) is 1.83. The van der Waals surface area contributed by atoms with Crippen LogP contribution in [0.3, 0.4) is 0 Å². The number of halogens is 2. The fourth-order valence-corrected chi connectivity index (χ4v) is 2.04. The van der Waals surface area contributed by atoms with Crippen LogP contribution in [0.25, 0.3) is 0 Å². The van der Waals surface area contributed by atoms with Crippen molar-refractivity contribution in [3.05, 3.63) is 34.6 Å². The van der Waals surface area contributed by atoms with E-state index in [9.17, 15) is 4.39 Å². The van der Waals surface area contributed by atoms with Crippen LogP contribution in [0.1, 0.15) is 38.7 Å². The molecule has 96 valence electrons. The standard InChI is InChI=1S/C14H21ClFN/c1-3-9-17-11(2)5-4-6-12-10-13(16)7-8-14(12)15/h7-8,10-11,17H,3-6,9H2,1-2H3. The molecule has 1 aromatic rings.